The van der Waals surface area contributed by atoms with E-state index in [0.29, 0.717) is 0 Å². The maximum atomic E-state index is 12.1. The summed E-state index contributed by atoms with van der Waals surface area (Å²) in [5.41, 5.74) is 0.217. The Morgan fingerprint density at radius 3 is 2.45 bits per heavy atom. The lowest BCUT2D eigenvalue weighted by Crippen LogP contribution is -2.37. The zero-order chi connectivity index (χ0) is 14.9. The average molecular weight is 276 g/mol. The normalized spacial score (nSPS) is 13.3. The molecule has 0 aliphatic carbocycles. The lowest BCUT2D eigenvalue weighted by molar-refractivity contribution is -0.119. The Kier molecular flexibility index (Phi) is 3.51. The molecule has 3 amide bonds. The number of hydrogen-bond acceptors (Lipinski definition) is 4. The van der Waals surface area contributed by atoms with Crippen molar-refractivity contribution < 1.29 is 24.3 Å². The molecule has 0 fully saturated rings. The van der Waals surface area contributed by atoms with E-state index >= 15 is 0 Å². The number of rotatable bonds is 4. The third kappa shape index (κ3) is 2.37. The zero-order valence-corrected chi connectivity index (χ0v) is 10.7. The van der Waals surface area contributed by atoms with Crippen LogP contribution >= 0.6 is 0 Å². The first kappa shape index (κ1) is 13.7. The molecule has 2 N–H and O–H groups in total. The fraction of sp³-hybridized carbons (Fsp3) is 0.231. The van der Waals surface area contributed by atoms with Crippen LogP contribution in [0.25, 0.3) is 0 Å². The smallest absolute Gasteiger partial charge is 0.335 e. The summed E-state index contributed by atoms with van der Waals surface area (Å²) >= 11 is 0. The highest BCUT2D eigenvalue weighted by Gasteiger charge is 2.35. The van der Waals surface area contributed by atoms with Gasteiger partial charge in [-0.1, -0.05) is 0 Å². The summed E-state index contributed by atoms with van der Waals surface area (Å²) in [5, 5.41) is 11.4. The van der Waals surface area contributed by atoms with Crippen molar-refractivity contribution in [1.29, 1.82) is 0 Å². The Morgan fingerprint density at radius 2 is 1.85 bits per heavy atom. The Morgan fingerprint density at radius 1 is 1.20 bits per heavy atom. The molecule has 0 radical (unpaired) electrons. The van der Waals surface area contributed by atoms with Crippen LogP contribution < -0.4 is 5.32 Å². The number of nitrogens with one attached hydrogen (secondary N) is 1. The SMILES string of the molecule is CC(=O)NCCN1C(=O)c2ccc(C(=O)O)cc2C1=O. The van der Waals surface area contributed by atoms with Crippen molar-refractivity contribution in [2.24, 2.45) is 0 Å². The van der Waals surface area contributed by atoms with Crippen molar-refractivity contribution in [2.75, 3.05) is 13.1 Å². The molecule has 0 spiro atoms. The Bertz CT molecular complexity index is 623. The van der Waals surface area contributed by atoms with Crippen LogP contribution in [0, 0.1) is 0 Å². The van der Waals surface area contributed by atoms with E-state index in [0.717, 1.165) is 4.90 Å². The summed E-state index contributed by atoms with van der Waals surface area (Å²) in [6, 6.07) is 3.80. The fourth-order valence-corrected chi connectivity index (χ4v) is 1.97. The summed E-state index contributed by atoms with van der Waals surface area (Å²) in [6.45, 7) is 1.54. The summed E-state index contributed by atoms with van der Waals surface area (Å²) in [5.74, 6) is -2.44. The molecule has 1 aromatic rings. The van der Waals surface area contributed by atoms with Crippen molar-refractivity contribution in [2.45, 2.75) is 6.92 Å². The summed E-state index contributed by atoms with van der Waals surface area (Å²) in [7, 11) is 0. The third-order valence-corrected chi connectivity index (χ3v) is 2.93. The summed E-state index contributed by atoms with van der Waals surface area (Å²) in [4.78, 5) is 46.7. The topological polar surface area (TPSA) is 104 Å². The second-order valence-corrected chi connectivity index (χ2v) is 4.31. The van der Waals surface area contributed by atoms with Gasteiger partial charge >= 0.3 is 5.97 Å². The molecule has 1 aliphatic rings. The lowest BCUT2D eigenvalue weighted by atomic mass is 10.1. The molecule has 2 rings (SSSR count). The molecule has 1 heterocycles. The Hall–Kier alpha value is -2.70. The van der Waals surface area contributed by atoms with E-state index in [9.17, 15) is 19.2 Å². The molecule has 1 aliphatic heterocycles. The molecule has 1 aromatic carbocycles. The van der Waals surface area contributed by atoms with Gasteiger partial charge in [-0.15, -0.1) is 0 Å². The van der Waals surface area contributed by atoms with Crippen LogP contribution in [0.15, 0.2) is 18.2 Å². The number of benzene rings is 1. The molecule has 7 heteroatoms. The number of carboxylic acids is 1. The molecule has 0 unspecified atom stereocenters. The number of carbonyl (C=O) groups is 4. The number of carboxylic acid groups (broad SMARTS) is 1. The van der Waals surface area contributed by atoms with Gasteiger partial charge in [-0.05, 0) is 18.2 Å². The predicted molar refractivity (Wildman–Crippen MR) is 67.5 cm³/mol. The first-order valence-corrected chi connectivity index (χ1v) is 5.90. The van der Waals surface area contributed by atoms with Gasteiger partial charge in [0.1, 0.15) is 0 Å². The van der Waals surface area contributed by atoms with Gasteiger partial charge in [0.2, 0.25) is 5.91 Å². The van der Waals surface area contributed by atoms with E-state index in [1.807, 2.05) is 0 Å². The highest BCUT2D eigenvalue weighted by atomic mass is 16.4. The van der Waals surface area contributed by atoms with Crippen molar-refractivity contribution in [3.63, 3.8) is 0 Å². The maximum absolute atomic E-state index is 12.1. The number of imide groups is 1. The molecular formula is C13H12N2O5. The number of aromatic carboxylic acids is 1. The van der Waals surface area contributed by atoms with Gasteiger partial charge in [-0.3, -0.25) is 19.3 Å². The van der Waals surface area contributed by atoms with Crippen molar-refractivity contribution in [3.05, 3.63) is 34.9 Å². The van der Waals surface area contributed by atoms with Crippen LogP contribution in [0.2, 0.25) is 0 Å². The van der Waals surface area contributed by atoms with Gasteiger partial charge in [-0.2, -0.15) is 0 Å². The second kappa shape index (κ2) is 5.12. The minimum Gasteiger partial charge on any atom is -0.478 e. The lowest BCUT2D eigenvalue weighted by Gasteiger charge is -2.13. The second-order valence-electron chi connectivity index (χ2n) is 4.31. The highest BCUT2D eigenvalue weighted by Crippen LogP contribution is 2.23. The van der Waals surface area contributed by atoms with Crippen LogP contribution in [0.3, 0.4) is 0 Å². The predicted octanol–water partition coefficient (Wildman–Crippen LogP) is 0.117. The van der Waals surface area contributed by atoms with Gasteiger partial charge in [0.05, 0.1) is 16.7 Å². The molecule has 104 valence electrons. The number of fused-ring (bicyclic) bond motifs is 1. The molecule has 0 saturated heterocycles. The van der Waals surface area contributed by atoms with Crippen molar-refractivity contribution in [1.82, 2.24) is 10.2 Å². The van der Waals surface area contributed by atoms with E-state index in [1.165, 1.54) is 25.1 Å². The molecular weight excluding hydrogens is 264 g/mol. The van der Waals surface area contributed by atoms with E-state index in [4.69, 9.17) is 5.11 Å². The van der Waals surface area contributed by atoms with Gasteiger partial charge in [0.25, 0.3) is 11.8 Å². The summed E-state index contributed by atoms with van der Waals surface area (Å²) < 4.78 is 0. The van der Waals surface area contributed by atoms with Crippen molar-refractivity contribution in [3.8, 4) is 0 Å². The van der Waals surface area contributed by atoms with Crippen LogP contribution in [0.1, 0.15) is 38.0 Å². The Labute approximate surface area is 114 Å². The van der Waals surface area contributed by atoms with Gasteiger partial charge < -0.3 is 10.4 Å². The van der Waals surface area contributed by atoms with Gasteiger partial charge in [0, 0.05) is 20.0 Å². The van der Waals surface area contributed by atoms with Crippen LogP contribution in [0.4, 0.5) is 0 Å². The van der Waals surface area contributed by atoms with Gasteiger partial charge in [-0.25, -0.2) is 4.79 Å². The number of hydrogen-bond donors (Lipinski definition) is 2. The quantitative estimate of drug-likeness (QED) is 0.760. The van der Waals surface area contributed by atoms with Crippen molar-refractivity contribution >= 4 is 23.7 Å². The first-order valence-electron chi connectivity index (χ1n) is 5.90. The van der Waals surface area contributed by atoms with Gasteiger partial charge in [0.15, 0.2) is 0 Å². The third-order valence-electron chi connectivity index (χ3n) is 2.93. The molecule has 0 saturated carbocycles. The van der Waals surface area contributed by atoms with E-state index in [1.54, 1.807) is 0 Å². The minimum absolute atomic E-state index is 0.0476. The average Bonchev–Trinajstić information content (AvgIpc) is 2.63. The molecule has 0 bridgehead atoms. The molecule has 7 nitrogen and oxygen atoms in total. The molecule has 0 atom stereocenters. The standard InChI is InChI=1S/C13H12N2O5/c1-7(16)14-4-5-15-11(17)9-3-2-8(13(19)20)6-10(9)12(15)18/h2-3,6H,4-5H2,1H3,(H,14,16)(H,19,20). The summed E-state index contributed by atoms with van der Waals surface area (Å²) in [6.07, 6.45) is 0. The Balaban J connectivity index is 2.21. The molecule has 0 aromatic heterocycles. The van der Waals surface area contributed by atoms with E-state index < -0.39 is 17.8 Å². The van der Waals surface area contributed by atoms with Crippen LogP contribution in [-0.4, -0.2) is 46.8 Å². The maximum Gasteiger partial charge on any atom is 0.335 e. The number of carbonyl (C=O) groups excluding carboxylic acids is 3. The number of amides is 3. The first-order chi connectivity index (χ1) is 9.41. The zero-order valence-electron chi connectivity index (χ0n) is 10.7. The van der Waals surface area contributed by atoms with E-state index in [2.05, 4.69) is 5.32 Å². The van der Waals surface area contributed by atoms with Crippen LogP contribution in [0.5, 0.6) is 0 Å². The van der Waals surface area contributed by atoms with E-state index in [-0.39, 0.29) is 35.7 Å². The fourth-order valence-electron chi connectivity index (χ4n) is 1.97. The van der Waals surface area contributed by atoms with Crippen LogP contribution in [-0.2, 0) is 4.79 Å². The number of nitrogens with zero attached hydrogens (tertiary/aromatic N) is 1. The largest absolute Gasteiger partial charge is 0.478 e. The minimum atomic E-state index is -1.16. The monoisotopic (exact) mass is 276 g/mol. The highest BCUT2D eigenvalue weighted by molar-refractivity contribution is 6.21. The molecule has 20 heavy (non-hydrogen) atoms.